The predicted octanol–water partition coefficient (Wildman–Crippen LogP) is 7.39. The number of carbonyl (C=O) groups is 1. The number of carbonyl (C=O) groups excluding carboxylic acids is 1. The largest absolute Gasteiger partial charge is 0.395 e. The summed E-state index contributed by atoms with van der Waals surface area (Å²) in [5.41, 5.74) is 5.56. The second-order valence-electron chi connectivity index (χ2n) is 10.9. The second kappa shape index (κ2) is 14.0. The molecule has 4 aromatic rings. The third kappa shape index (κ3) is 7.11. The van der Waals surface area contributed by atoms with Crippen LogP contribution in [-0.4, -0.2) is 73.1 Å². The van der Waals surface area contributed by atoms with Gasteiger partial charge in [-0.05, 0) is 68.4 Å². The van der Waals surface area contributed by atoms with Crippen molar-refractivity contribution in [3.63, 3.8) is 0 Å². The first-order chi connectivity index (χ1) is 21.1. The summed E-state index contributed by atoms with van der Waals surface area (Å²) >= 11 is 3.60. The lowest BCUT2D eigenvalue weighted by atomic mass is 10.1. The molecule has 2 N–H and O–H groups in total. The topological polar surface area (TPSA) is 59.1 Å². The summed E-state index contributed by atoms with van der Waals surface area (Å²) in [7, 11) is 0. The van der Waals surface area contributed by atoms with Crippen molar-refractivity contribution in [2.75, 3.05) is 62.6 Å². The number of benzene rings is 4. The van der Waals surface area contributed by atoms with Gasteiger partial charge in [0.05, 0.1) is 29.4 Å². The summed E-state index contributed by atoms with van der Waals surface area (Å²) < 4.78 is 0. The molecule has 0 bridgehead atoms. The maximum atomic E-state index is 11.9. The van der Waals surface area contributed by atoms with E-state index in [0.29, 0.717) is 0 Å². The van der Waals surface area contributed by atoms with Crippen LogP contribution in [0.2, 0.25) is 0 Å². The van der Waals surface area contributed by atoms with Gasteiger partial charge < -0.3 is 20.2 Å². The number of hydrogen-bond acceptors (Lipinski definition) is 8. The third-order valence-corrected chi connectivity index (χ3v) is 10.3. The third-order valence-electron chi connectivity index (χ3n) is 8.03. The lowest BCUT2D eigenvalue weighted by molar-refractivity contribution is 0.101. The number of para-hydroxylation sites is 3. The molecule has 8 heteroatoms. The van der Waals surface area contributed by atoms with Gasteiger partial charge in [0.25, 0.3) is 0 Å². The molecule has 0 spiro atoms. The van der Waals surface area contributed by atoms with Crippen molar-refractivity contribution in [3.8, 4) is 0 Å². The Morgan fingerprint density at radius 3 is 1.91 bits per heavy atom. The molecule has 0 unspecified atom stereocenters. The molecule has 0 aromatic heterocycles. The van der Waals surface area contributed by atoms with E-state index in [1.165, 1.54) is 36.6 Å². The van der Waals surface area contributed by atoms with Crippen LogP contribution in [0.3, 0.4) is 0 Å². The summed E-state index contributed by atoms with van der Waals surface area (Å²) in [6.45, 7) is 8.87. The van der Waals surface area contributed by atoms with Gasteiger partial charge in [0.15, 0.2) is 5.78 Å². The van der Waals surface area contributed by atoms with E-state index in [1.807, 2.05) is 23.9 Å². The lowest BCUT2D eigenvalue weighted by Crippen LogP contribution is -2.47. The van der Waals surface area contributed by atoms with Crippen LogP contribution in [0.15, 0.2) is 111 Å². The van der Waals surface area contributed by atoms with Crippen LogP contribution in [0, 0.1) is 0 Å². The van der Waals surface area contributed by atoms with Crippen LogP contribution in [0.4, 0.5) is 22.7 Å². The van der Waals surface area contributed by atoms with Crippen LogP contribution in [0.5, 0.6) is 0 Å². The van der Waals surface area contributed by atoms with E-state index in [4.69, 9.17) is 5.11 Å². The monoisotopic (exact) mass is 610 g/mol. The first-order valence-corrected chi connectivity index (χ1v) is 16.6. The molecular weight excluding hydrogens is 573 g/mol. The highest BCUT2D eigenvalue weighted by atomic mass is 32.2. The molecular formula is C35H38N4O2S2. The van der Waals surface area contributed by atoms with Gasteiger partial charge in [-0.15, -0.1) is 0 Å². The highest BCUT2D eigenvalue weighted by molar-refractivity contribution is 8.00. The van der Waals surface area contributed by atoms with Crippen LogP contribution < -0.4 is 10.2 Å². The van der Waals surface area contributed by atoms with Gasteiger partial charge in [0, 0.05) is 64.4 Å². The summed E-state index contributed by atoms with van der Waals surface area (Å²) in [5.74, 6) is 0.109. The van der Waals surface area contributed by atoms with Gasteiger partial charge in [-0.1, -0.05) is 66.0 Å². The zero-order chi connectivity index (χ0) is 29.6. The maximum absolute atomic E-state index is 11.9. The fraction of sp³-hybridized carbons (Fsp3) is 0.286. The van der Waals surface area contributed by atoms with Crippen molar-refractivity contribution in [2.24, 2.45) is 0 Å². The van der Waals surface area contributed by atoms with Gasteiger partial charge in [-0.25, -0.2) is 0 Å². The molecule has 7 rings (SSSR count). The molecule has 3 aliphatic rings. The second-order valence-corrected chi connectivity index (χ2v) is 13.1. The number of nitrogens with one attached hydrogen (secondary N) is 1. The van der Waals surface area contributed by atoms with E-state index in [9.17, 15) is 4.79 Å². The van der Waals surface area contributed by atoms with Crippen LogP contribution in [0.25, 0.3) is 0 Å². The van der Waals surface area contributed by atoms with E-state index in [-0.39, 0.29) is 12.4 Å². The van der Waals surface area contributed by atoms with Gasteiger partial charge in [-0.2, -0.15) is 0 Å². The van der Waals surface area contributed by atoms with Crippen LogP contribution >= 0.6 is 23.5 Å². The van der Waals surface area contributed by atoms with E-state index in [0.717, 1.165) is 63.5 Å². The van der Waals surface area contributed by atoms with Crippen molar-refractivity contribution in [1.29, 1.82) is 0 Å². The van der Waals surface area contributed by atoms with Gasteiger partial charge in [0.1, 0.15) is 0 Å². The molecule has 3 aliphatic heterocycles. The number of piperazine rings is 1. The molecule has 0 radical (unpaired) electrons. The van der Waals surface area contributed by atoms with Gasteiger partial charge >= 0.3 is 0 Å². The molecule has 222 valence electrons. The molecule has 0 saturated carbocycles. The molecule has 1 saturated heterocycles. The minimum absolute atomic E-state index is 0.109. The number of aliphatic hydroxyl groups is 1. The van der Waals surface area contributed by atoms with Crippen LogP contribution in [-0.2, 0) is 0 Å². The van der Waals surface area contributed by atoms with Crippen molar-refractivity contribution in [2.45, 2.75) is 32.9 Å². The van der Waals surface area contributed by atoms with E-state index in [2.05, 4.69) is 98.9 Å². The van der Waals surface area contributed by atoms with E-state index in [1.54, 1.807) is 18.7 Å². The number of rotatable bonds is 7. The normalized spacial score (nSPS) is 15.6. The Morgan fingerprint density at radius 2 is 1.26 bits per heavy atom. The zero-order valence-corrected chi connectivity index (χ0v) is 26.2. The molecule has 6 nitrogen and oxygen atoms in total. The number of ketones is 1. The molecule has 0 amide bonds. The molecule has 4 aromatic carbocycles. The molecule has 0 aliphatic carbocycles. The van der Waals surface area contributed by atoms with E-state index < -0.39 is 0 Å². The molecule has 43 heavy (non-hydrogen) atoms. The predicted molar refractivity (Wildman–Crippen MR) is 179 cm³/mol. The quantitative estimate of drug-likeness (QED) is 0.185. The summed E-state index contributed by atoms with van der Waals surface area (Å²) in [6, 6.07) is 31.4. The highest BCUT2D eigenvalue weighted by Gasteiger charge is 2.24. The number of nitrogens with zero attached hydrogens (tertiary/aromatic N) is 3. The number of Topliss-reactive ketones (excluding diaryl/α,β-unsaturated/α-hetero) is 1. The lowest BCUT2D eigenvalue weighted by Gasteiger charge is -2.36. The average molecular weight is 611 g/mol. The summed E-state index contributed by atoms with van der Waals surface area (Å²) in [4.78, 5) is 24.2. The Labute approximate surface area is 263 Å². The minimum Gasteiger partial charge on any atom is -0.395 e. The van der Waals surface area contributed by atoms with Crippen molar-refractivity contribution in [1.82, 2.24) is 9.80 Å². The minimum atomic E-state index is 0.109. The molecule has 1 fully saturated rings. The fourth-order valence-corrected chi connectivity index (χ4v) is 7.77. The SMILES string of the molecule is CC(=O)c1ccc2c(c1)N(CCCN1CCN(CCO)CC1)c1ccccc1S2.c1ccc2c(c1)Nc1ccccc1S2. The van der Waals surface area contributed by atoms with Gasteiger partial charge in [0.2, 0.25) is 0 Å². The Balaban J connectivity index is 0.000000195. The molecule has 3 heterocycles. The Bertz CT molecular complexity index is 1480. The summed E-state index contributed by atoms with van der Waals surface area (Å²) in [6.07, 6.45) is 1.07. The fourth-order valence-electron chi connectivity index (χ4n) is 5.70. The standard InChI is InChI=1S/C23H29N3O2S.C12H9NS/c1-18(28)19-7-8-23-21(17-19)26(20-5-2-3-6-22(20)29-23)10-4-9-24-11-13-25(14-12-24)15-16-27;1-3-7-11-9(5-1)13-10-6-2-4-8-12(10)14-11/h2-3,5-8,17,27H,4,9-16H2,1H3;1-8,13H. The first kappa shape index (κ1) is 29.8. The smallest absolute Gasteiger partial charge is 0.159 e. The number of hydrogen-bond donors (Lipinski definition) is 2. The van der Waals surface area contributed by atoms with Crippen molar-refractivity contribution >= 4 is 52.1 Å². The number of aliphatic hydroxyl groups excluding tert-OH is 1. The average Bonchev–Trinajstić information content (AvgIpc) is 3.04. The number of fused-ring (bicyclic) bond motifs is 4. The van der Waals surface area contributed by atoms with Crippen molar-refractivity contribution < 1.29 is 9.90 Å². The van der Waals surface area contributed by atoms with Gasteiger partial charge in [-0.3, -0.25) is 9.69 Å². The molecule has 0 atom stereocenters. The first-order valence-electron chi connectivity index (χ1n) is 15.0. The maximum Gasteiger partial charge on any atom is 0.159 e. The van der Waals surface area contributed by atoms with Crippen molar-refractivity contribution in [3.05, 3.63) is 96.6 Å². The Morgan fingerprint density at radius 1 is 0.698 bits per heavy atom. The number of β-amino-alcohol motifs (C(OH)–C–C–N with tert-alkyl or cyclic N) is 1. The van der Waals surface area contributed by atoms with Crippen LogP contribution in [0.1, 0.15) is 23.7 Å². The number of anilines is 4. The zero-order valence-electron chi connectivity index (χ0n) is 24.5. The summed E-state index contributed by atoms with van der Waals surface area (Å²) in [5, 5.41) is 12.5. The Hall–Kier alpha value is -3.27. The Kier molecular flexibility index (Phi) is 9.71. The highest BCUT2D eigenvalue weighted by Crippen LogP contribution is 2.48. The van der Waals surface area contributed by atoms with E-state index >= 15 is 0 Å².